The van der Waals surface area contributed by atoms with Gasteiger partial charge in [-0.1, -0.05) is 0 Å². The summed E-state index contributed by atoms with van der Waals surface area (Å²) in [6.45, 7) is 3.46. The van der Waals surface area contributed by atoms with Crippen LogP contribution in [-0.4, -0.2) is 71.9 Å². The molecule has 2 fully saturated rings. The molecule has 9 heteroatoms. The number of rotatable bonds is 6. The van der Waals surface area contributed by atoms with Gasteiger partial charge in [-0.15, -0.1) is 0 Å². The fourth-order valence-electron chi connectivity index (χ4n) is 3.10. The average molecular weight is 339 g/mol. The van der Waals surface area contributed by atoms with Crippen molar-refractivity contribution in [1.29, 1.82) is 0 Å². The molecule has 0 radical (unpaired) electrons. The van der Waals surface area contributed by atoms with E-state index in [4.69, 9.17) is 16.2 Å². The van der Waals surface area contributed by atoms with E-state index in [0.29, 0.717) is 51.9 Å². The van der Waals surface area contributed by atoms with Crippen LogP contribution in [0.2, 0.25) is 0 Å². The van der Waals surface area contributed by atoms with E-state index in [0.717, 1.165) is 0 Å². The molecule has 0 aromatic rings. The van der Waals surface area contributed by atoms with E-state index in [2.05, 4.69) is 4.99 Å². The summed E-state index contributed by atoms with van der Waals surface area (Å²) in [5.41, 5.74) is 9.91. The molecule has 0 aromatic heterocycles. The van der Waals surface area contributed by atoms with Crippen molar-refractivity contribution in [2.24, 2.45) is 16.5 Å². The highest BCUT2D eigenvalue weighted by Crippen LogP contribution is 2.33. The number of carbonyl (C=O) groups excluding carboxylic acids is 3. The minimum absolute atomic E-state index is 0.0283. The van der Waals surface area contributed by atoms with Crippen molar-refractivity contribution in [3.63, 3.8) is 0 Å². The van der Waals surface area contributed by atoms with Crippen LogP contribution in [0.25, 0.3) is 0 Å². The second kappa shape index (κ2) is 7.50. The Morgan fingerprint density at radius 1 is 1.29 bits per heavy atom. The normalized spacial score (nSPS) is 19.3. The number of carbonyl (C=O) groups is 3. The van der Waals surface area contributed by atoms with Crippen molar-refractivity contribution in [3.05, 3.63) is 0 Å². The Kier molecular flexibility index (Phi) is 5.63. The summed E-state index contributed by atoms with van der Waals surface area (Å²) >= 11 is 0. The van der Waals surface area contributed by atoms with Gasteiger partial charge in [0, 0.05) is 38.9 Å². The first-order chi connectivity index (χ1) is 11.3. The fourth-order valence-corrected chi connectivity index (χ4v) is 3.10. The Morgan fingerprint density at radius 3 is 2.54 bits per heavy atom. The predicted molar refractivity (Wildman–Crippen MR) is 87.2 cm³/mol. The van der Waals surface area contributed by atoms with Crippen LogP contribution in [-0.2, 0) is 14.3 Å². The molecule has 0 unspecified atom stereocenters. The molecule has 134 valence electrons. The highest BCUT2D eigenvalue weighted by Gasteiger charge is 2.47. The molecule has 0 atom stereocenters. The largest absolute Gasteiger partial charge is 0.441 e. The van der Waals surface area contributed by atoms with Gasteiger partial charge in [-0.3, -0.25) is 19.5 Å². The standard InChI is InChI=1S/C15H25N5O4/c1-11(21)9-20-10-15(24-14(20)23)4-7-19(8-5-15)12(22)3-2-6-18-13(16)17/h2-10H2,1H3,(H4,16,17,18). The maximum Gasteiger partial charge on any atom is 0.410 e. The Hall–Kier alpha value is -2.32. The second-order valence-corrected chi connectivity index (χ2v) is 6.40. The van der Waals surface area contributed by atoms with E-state index in [-0.39, 0.29) is 24.2 Å². The highest BCUT2D eigenvalue weighted by molar-refractivity contribution is 5.83. The molecular weight excluding hydrogens is 314 g/mol. The van der Waals surface area contributed by atoms with Crippen LogP contribution in [0.5, 0.6) is 0 Å². The molecule has 1 spiro atoms. The molecule has 2 rings (SSSR count). The third-order valence-corrected chi connectivity index (χ3v) is 4.33. The third kappa shape index (κ3) is 4.59. The van der Waals surface area contributed by atoms with Crippen LogP contribution >= 0.6 is 0 Å². The summed E-state index contributed by atoms with van der Waals surface area (Å²) in [6.07, 6.45) is 1.72. The number of nitrogens with two attached hydrogens (primary N) is 2. The number of ether oxygens (including phenoxy) is 1. The Balaban J connectivity index is 1.79. The number of nitrogens with zero attached hydrogens (tertiary/aromatic N) is 3. The zero-order chi connectivity index (χ0) is 17.7. The van der Waals surface area contributed by atoms with Crippen molar-refractivity contribution >= 4 is 23.7 Å². The predicted octanol–water partition coefficient (Wildman–Crippen LogP) is -0.558. The number of guanidine groups is 1. The fraction of sp³-hybridized carbons (Fsp3) is 0.733. The number of piperidine rings is 1. The molecule has 24 heavy (non-hydrogen) atoms. The number of hydrogen-bond donors (Lipinski definition) is 2. The number of likely N-dealkylation sites (tertiary alicyclic amines) is 1. The lowest BCUT2D eigenvalue weighted by Crippen LogP contribution is -2.48. The van der Waals surface area contributed by atoms with Crippen LogP contribution in [0.4, 0.5) is 4.79 Å². The Labute approximate surface area is 141 Å². The monoisotopic (exact) mass is 339 g/mol. The lowest BCUT2D eigenvalue weighted by Gasteiger charge is -2.37. The first-order valence-corrected chi connectivity index (χ1v) is 8.12. The number of hydrogen-bond acceptors (Lipinski definition) is 5. The van der Waals surface area contributed by atoms with Gasteiger partial charge in [0.25, 0.3) is 0 Å². The van der Waals surface area contributed by atoms with Crippen molar-refractivity contribution in [2.45, 2.75) is 38.2 Å². The van der Waals surface area contributed by atoms with E-state index in [1.165, 1.54) is 11.8 Å². The first-order valence-electron chi connectivity index (χ1n) is 8.12. The van der Waals surface area contributed by atoms with Gasteiger partial charge in [-0.05, 0) is 13.3 Å². The van der Waals surface area contributed by atoms with E-state index in [1.54, 1.807) is 4.90 Å². The minimum atomic E-state index is -0.568. The molecule has 0 saturated carbocycles. The van der Waals surface area contributed by atoms with Crippen LogP contribution in [0.3, 0.4) is 0 Å². The molecule has 2 saturated heterocycles. The minimum Gasteiger partial charge on any atom is -0.441 e. The van der Waals surface area contributed by atoms with Gasteiger partial charge >= 0.3 is 6.09 Å². The summed E-state index contributed by atoms with van der Waals surface area (Å²) in [5, 5.41) is 0. The smallest absolute Gasteiger partial charge is 0.410 e. The Bertz CT molecular complexity index is 536. The summed E-state index contributed by atoms with van der Waals surface area (Å²) in [5.74, 6) is 0.0125. The molecule has 0 aromatic carbocycles. The van der Waals surface area contributed by atoms with Crippen molar-refractivity contribution in [3.8, 4) is 0 Å². The van der Waals surface area contributed by atoms with Crippen molar-refractivity contribution < 1.29 is 19.1 Å². The van der Waals surface area contributed by atoms with Crippen LogP contribution in [0.1, 0.15) is 32.6 Å². The summed E-state index contributed by atoms with van der Waals surface area (Å²) < 4.78 is 5.51. The van der Waals surface area contributed by atoms with E-state index in [9.17, 15) is 14.4 Å². The number of Topliss-reactive ketones (excluding diaryl/α,β-unsaturated/α-hetero) is 1. The maximum absolute atomic E-state index is 12.2. The van der Waals surface area contributed by atoms with Gasteiger partial charge in [0.05, 0.1) is 13.1 Å². The second-order valence-electron chi connectivity index (χ2n) is 6.40. The van der Waals surface area contributed by atoms with Crippen LogP contribution < -0.4 is 11.5 Å². The van der Waals surface area contributed by atoms with Gasteiger partial charge in [0.15, 0.2) is 5.96 Å². The zero-order valence-electron chi connectivity index (χ0n) is 14.0. The molecule has 9 nitrogen and oxygen atoms in total. The number of aliphatic imine (C=N–C) groups is 1. The van der Waals surface area contributed by atoms with Gasteiger partial charge in [-0.25, -0.2) is 4.79 Å². The molecule has 2 aliphatic heterocycles. The van der Waals surface area contributed by atoms with Gasteiger partial charge in [0.2, 0.25) is 5.91 Å². The molecule has 2 amide bonds. The molecule has 2 aliphatic rings. The molecule has 0 bridgehead atoms. The molecule has 2 heterocycles. The maximum atomic E-state index is 12.2. The molecular formula is C15H25N5O4. The SMILES string of the molecule is CC(=O)CN1CC2(CCN(C(=O)CCCN=C(N)N)CC2)OC1=O. The van der Waals surface area contributed by atoms with E-state index in [1.807, 2.05) is 0 Å². The number of amides is 2. The number of ketones is 1. The Morgan fingerprint density at radius 2 is 1.96 bits per heavy atom. The third-order valence-electron chi connectivity index (χ3n) is 4.33. The zero-order valence-corrected chi connectivity index (χ0v) is 14.0. The summed E-state index contributed by atoms with van der Waals surface area (Å²) in [7, 11) is 0. The summed E-state index contributed by atoms with van der Waals surface area (Å²) in [4.78, 5) is 42.3. The van der Waals surface area contributed by atoms with Crippen LogP contribution in [0, 0.1) is 0 Å². The quantitative estimate of drug-likeness (QED) is 0.379. The topological polar surface area (TPSA) is 131 Å². The molecule has 0 aliphatic carbocycles. The van der Waals surface area contributed by atoms with Crippen molar-refractivity contribution in [1.82, 2.24) is 9.80 Å². The molecule has 4 N–H and O–H groups in total. The summed E-state index contributed by atoms with van der Waals surface area (Å²) in [6, 6.07) is 0. The van der Waals surface area contributed by atoms with Crippen LogP contribution in [0.15, 0.2) is 4.99 Å². The average Bonchev–Trinajstić information content (AvgIpc) is 2.79. The lowest BCUT2D eigenvalue weighted by molar-refractivity contribution is -0.134. The van der Waals surface area contributed by atoms with E-state index >= 15 is 0 Å². The first kappa shape index (κ1) is 18.0. The lowest BCUT2D eigenvalue weighted by atomic mass is 9.91. The van der Waals surface area contributed by atoms with Gasteiger partial charge in [-0.2, -0.15) is 0 Å². The van der Waals surface area contributed by atoms with Crippen molar-refractivity contribution in [2.75, 3.05) is 32.7 Å². The van der Waals surface area contributed by atoms with Gasteiger partial charge in [0.1, 0.15) is 11.4 Å². The van der Waals surface area contributed by atoms with E-state index < -0.39 is 11.7 Å². The van der Waals surface area contributed by atoms with Gasteiger partial charge < -0.3 is 21.1 Å². The highest BCUT2D eigenvalue weighted by atomic mass is 16.6.